The monoisotopic (exact) mass is 149 g/mol. The maximum absolute atomic E-state index is 2.16. The standard InChI is InChI=1S/C3H9N.Zr/c1-4(2)3;/h1-3H3;/q;+1. The molecule has 0 spiro atoms. The second-order valence-corrected chi connectivity index (χ2v) is 5.31. The van der Waals surface area contributed by atoms with E-state index in [0.717, 1.165) is 2.43 Å². The predicted molar refractivity (Wildman–Crippen MR) is 18.0 cm³/mol. The van der Waals surface area contributed by atoms with E-state index in [2.05, 4.69) is 21.1 Å². The first-order chi connectivity index (χ1) is 2.00. The molecule has 0 atom stereocenters. The Morgan fingerprint density at radius 3 is 1.20 bits per heavy atom. The molecule has 0 aromatic heterocycles. The summed E-state index contributed by atoms with van der Waals surface area (Å²) in [6, 6.07) is 0. The van der Waals surface area contributed by atoms with Gasteiger partial charge in [0.2, 0.25) is 0 Å². The van der Waals surface area contributed by atoms with Crippen LogP contribution in [-0.2, 0) is 25.0 Å². The fourth-order valence-corrected chi connectivity index (χ4v) is 0. The Bertz CT molecular complexity index is 22.4. The molecule has 0 aliphatic rings. The Morgan fingerprint density at radius 2 is 1.20 bits per heavy atom. The number of nitrogens with zero attached hydrogens (tertiary/aromatic N) is 1. The average molecular weight is 150 g/mol. The van der Waals surface area contributed by atoms with Crippen LogP contribution in [0.5, 0.6) is 0 Å². The van der Waals surface area contributed by atoms with Crippen molar-refractivity contribution >= 4 is 0 Å². The van der Waals surface area contributed by atoms with Crippen LogP contribution >= 0.6 is 0 Å². The van der Waals surface area contributed by atoms with Gasteiger partial charge in [-0.15, -0.1) is 0 Å². The summed E-state index contributed by atoms with van der Waals surface area (Å²) in [4.78, 5) is 0. The van der Waals surface area contributed by atoms with Gasteiger partial charge in [0.1, 0.15) is 0 Å². The van der Waals surface area contributed by atoms with Crippen LogP contribution in [0.15, 0.2) is 0 Å². The zero-order valence-corrected chi connectivity index (χ0v) is 6.41. The molecule has 0 saturated heterocycles. The fraction of sp³-hybridized carbons (Fsp3) is 1.00. The zero-order chi connectivity index (χ0) is 4.50. The summed E-state index contributed by atoms with van der Waals surface area (Å²) in [5.41, 5.74) is 0. The fourth-order valence-electron chi connectivity index (χ4n) is 0. The average Bonchev–Trinajstić information content (AvgIpc) is 0.722. The minimum atomic E-state index is 1.09. The first kappa shape index (κ1) is 5.84. The van der Waals surface area contributed by atoms with Crippen molar-refractivity contribution < 1.29 is 27.4 Å². The van der Waals surface area contributed by atoms with E-state index in [9.17, 15) is 0 Å². The molecular weight excluding hydrogens is 141 g/mol. The predicted octanol–water partition coefficient (Wildman–Crippen LogP) is 0.154. The molecule has 0 saturated carbocycles. The van der Waals surface area contributed by atoms with Gasteiger partial charge >= 0.3 is 48.6 Å². The van der Waals surface area contributed by atoms with E-state index >= 15 is 0 Å². The second kappa shape index (κ2) is 1.53. The second-order valence-electron chi connectivity index (χ2n) is 2.01. The summed E-state index contributed by atoms with van der Waals surface area (Å²) in [5, 5.41) is 0. The summed E-state index contributed by atoms with van der Waals surface area (Å²) < 4.78 is 1.09. The molecule has 0 fully saturated rings. The Labute approximate surface area is 48.8 Å². The SMILES string of the molecule is C[N+](C)(C)[Zr]. The van der Waals surface area contributed by atoms with Crippen molar-refractivity contribution in [2.75, 3.05) is 21.1 Å². The van der Waals surface area contributed by atoms with Gasteiger partial charge in [-0.1, -0.05) is 0 Å². The normalized spacial score (nSPS) is 11.6. The quantitative estimate of drug-likeness (QED) is 0.461. The Morgan fingerprint density at radius 1 is 1.20 bits per heavy atom. The van der Waals surface area contributed by atoms with Gasteiger partial charge in [-0.05, 0) is 0 Å². The Hall–Kier alpha value is 0.843. The van der Waals surface area contributed by atoms with Crippen molar-refractivity contribution in [3.05, 3.63) is 0 Å². The molecule has 0 aliphatic carbocycles. The molecule has 0 bridgehead atoms. The van der Waals surface area contributed by atoms with Gasteiger partial charge in [0.25, 0.3) is 0 Å². The molecule has 0 rings (SSSR count). The van der Waals surface area contributed by atoms with Gasteiger partial charge in [-0.3, -0.25) is 0 Å². The topological polar surface area (TPSA) is 0 Å². The van der Waals surface area contributed by atoms with Crippen molar-refractivity contribution in [1.29, 1.82) is 0 Å². The van der Waals surface area contributed by atoms with Crippen LogP contribution in [0, 0.1) is 0 Å². The number of quaternary nitrogens is 1. The van der Waals surface area contributed by atoms with Gasteiger partial charge in [-0.25, -0.2) is 0 Å². The number of rotatable bonds is 0. The van der Waals surface area contributed by atoms with Crippen molar-refractivity contribution in [2.45, 2.75) is 0 Å². The van der Waals surface area contributed by atoms with E-state index < -0.39 is 0 Å². The molecule has 1 nitrogen and oxygen atoms in total. The van der Waals surface area contributed by atoms with Crippen LogP contribution in [0.25, 0.3) is 0 Å². The van der Waals surface area contributed by atoms with Crippen molar-refractivity contribution in [1.82, 2.24) is 0 Å². The molecule has 0 aromatic carbocycles. The molecule has 5 heavy (non-hydrogen) atoms. The van der Waals surface area contributed by atoms with Gasteiger partial charge < -0.3 is 0 Å². The van der Waals surface area contributed by atoms with E-state index in [1.54, 1.807) is 25.0 Å². The Balaban J connectivity index is 3.02. The molecule has 29 valence electrons. The molecule has 0 heterocycles. The third-order valence-corrected chi connectivity index (χ3v) is 0. The van der Waals surface area contributed by atoms with Gasteiger partial charge in [0.15, 0.2) is 0 Å². The van der Waals surface area contributed by atoms with Crippen LogP contribution in [0.3, 0.4) is 0 Å². The molecule has 0 radical (unpaired) electrons. The van der Waals surface area contributed by atoms with Crippen molar-refractivity contribution in [3.63, 3.8) is 0 Å². The van der Waals surface area contributed by atoms with Crippen molar-refractivity contribution in [3.8, 4) is 0 Å². The first-order valence-corrected chi connectivity index (χ1v) is 2.66. The van der Waals surface area contributed by atoms with Crippen LogP contribution in [0.4, 0.5) is 0 Å². The molecule has 0 unspecified atom stereocenters. The molecule has 2 heteroatoms. The maximum atomic E-state index is 2.16. The van der Waals surface area contributed by atoms with Crippen LogP contribution in [0.2, 0.25) is 0 Å². The summed E-state index contributed by atoms with van der Waals surface area (Å²) >= 11 is 1.56. The van der Waals surface area contributed by atoms with E-state index in [1.807, 2.05) is 0 Å². The molecule has 0 aromatic rings. The third kappa shape index (κ3) is 55.1. The van der Waals surface area contributed by atoms with E-state index in [0.29, 0.717) is 0 Å². The minimum absolute atomic E-state index is 1.09. The number of hydrogen-bond acceptors (Lipinski definition) is 0. The van der Waals surface area contributed by atoms with E-state index in [-0.39, 0.29) is 0 Å². The molecular formula is C3H9NZr+. The summed E-state index contributed by atoms with van der Waals surface area (Å²) in [6.45, 7) is 0. The van der Waals surface area contributed by atoms with Crippen molar-refractivity contribution in [2.24, 2.45) is 0 Å². The summed E-state index contributed by atoms with van der Waals surface area (Å²) in [7, 11) is 6.50. The van der Waals surface area contributed by atoms with Crippen LogP contribution in [-0.4, -0.2) is 23.6 Å². The zero-order valence-electron chi connectivity index (χ0n) is 3.95. The van der Waals surface area contributed by atoms with Gasteiger partial charge in [-0.2, -0.15) is 0 Å². The van der Waals surface area contributed by atoms with E-state index in [1.165, 1.54) is 0 Å². The van der Waals surface area contributed by atoms with Crippen LogP contribution < -0.4 is 0 Å². The molecule has 0 aliphatic heterocycles. The molecule has 0 N–H and O–H groups in total. The summed E-state index contributed by atoms with van der Waals surface area (Å²) in [5.74, 6) is 0. The first-order valence-electron chi connectivity index (χ1n) is 1.57. The van der Waals surface area contributed by atoms with Gasteiger partial charge in [0.05, 0.1) is 0 Å². The number of hydrogen-bond donors (Lipinski definition) is 0. The molecule has 0 amide bonds. The summed E-state index contributed by atoms with van der Waals surface area (Å²) in [6.07, 6.45) is 0. The van der Waals surface area contributed by atoms with E-state index in [4.69, 9.17) is 0 Å². The van der Waals surface area contributed by atoms with Gasteiger partial charge in [0, 0.05) is 0 Å². The van der Waals surface area contributed by atoms with Crippen LogP contribution in [0.1, 0.15) is 0 Å². The Kier molecular flexibility index (Phi) is 1.79. The third-order valence-electron chi connectivity index (χ3n) is 0.